The molecule has 1 aromatic heterocycles. The van der Waals surface area contributed by atoms with E-state index in [0.29, 0.717) is 5.82 Å². The molecule has 0 bridgehead atoms. The van der Waals surface area contributed by atoms with E-state index in [1.165, 1.54) is 17.2 Å². The molecule has 3 rings (SSSR count). The summed E-state index contributed by atoms with van der Waals surface area (Å²) >= 11 is 0. The molecular formula is C16H17N3O2. The van der Waals surface area contributed by atoms with E-state index in [4.69, 9.17) is 0 Å². The van der Waals surface area contributed by atoms with Gasteiger partial charge in [0.2, 0.25) is 5.82 Å². The molecule has 1 atom stereocenters. The highest BCUT2D eigenvalue weighted by Crippen LogP contribution is 2.38. The Labute approximate surface area is 123 Å². The number of nitro groups is 1. The van der Waals surface area contributed by atoms with E-state index in [1.54, 1.807) is 12.3 Å². The topological polar surface area (TPSA) is 59.3 Å². The van der Waals surface area contributed by atoms with Gasteiger partial charge in [-0.2, -0.15) is 0 Å². The lowest BCUT2D eigenvalue weighted by atomic mass is 9.91. The van der Waals surface area contributed by atoms with E-state index in [-0.39, 0.29) is 16.7 Å². The van der Waals surface area contributed by atoms with Gasteiger partial charge in [0.1, 0.15) is 0 Å². The number of nitrogens with zero attached hydrogens (tertiary/aromatic N) is 3. The van der Waals surface area contributed by atoms with Crippen molar-refractivity contribution in [3.63, 3.8) is 0 Å². The molecule has 108 valence electrons. The Balaban J connectivity index is 2.06. The zero-order valence-electron chi connectivity index (χ0n) is 11.9. The van der Waals surface area contributed by atoms with Gasteiger partial charge >= 0.3 is 5.69 Å². The summed E-state index contributed by atoms with van der Waals surface area (Å²) in [4.78, 5) is 17.2. The molecular weight excluding hydrogens is 266 g/mol. The molecule has 0 saturated carbocycles. The summed E-state index contributed by atoms with van der Waals surface area (Å²) in [7, 11) is 0. The number of anilines is 1. The van der Waals surface area contributed by atoms with Gasteiger partial charge in [0, 0.05) is 18.8 Å². The van der Waals surface area contributed by atoms with Gasteiger partial charge in [0.15, 0.2) is 0 Å². The van der Waals surface area contributed by atoms with Gasteiger partial charge in [-0.3, -0.25) is 10.1 Å². The molecule has 0 N–H and O–H groups in total. The number of aromatic nitrogens is 1. The van der Waals surface area contributed by atoms with Crippen LogP contribution in [0, 0.1) is 10.1 Å². The van der Waals surface area contributed by atoms with E-state index in [1.807, 2.05) is 12.1 Å². The van der Waals surface area contributed by atoms with Crippen LogP contribution in [0.1, 0.15) is 30.5 Å². The number of fused-ring (bicyclic) bond motifs is 1. The quantitative estimate of drug-likeness (QED) is 0.639. The van der Waals surface area contributed by atoms with Crippen LogP contribution >= 0.6 is 0 Å². The fourth-order valence-electron chi connectivity index (χ4n) is 3.10. The van der Waals surface area contributed by atoms with Crippen molar-refractivity contribution in [1.82, 2.24) is 4.98 Å². The van der Waals surface area contributed by atoms with E-state index >= 15 is 0 Å². The standard InChI is InChI=1S/C16H17N3O2/c1-2-14-13-7-4-3-6-12(13)9-11-18(14)16-15(19(20)21)8-5-10-17-16/h3-8,10,14H,2,9,11H2,1H3. The van der Waals surface area contributed by atoms with Crippen LogP contribution in [0.5, 0.6) is 0 Å². The third-order valence-electron chi connectivity index (χ3n) is 4.03. The fourth-order valence-corrected chi connectivity index (χ4v) is 3.10. The van der Waals surface area contributed by atoms with Crippen LogP contribution in [0.3, 0.4) is 0 Å². The maximum atomic E-state index is 11.2. The van der Waals surface area contributed by atoms with Crippen molar-refractivity contribution in [2.45, 2.75) is 25.8 Å². The molecule has 1 aliphatic rings. The monoisotopic (exact) mass is 283 g/mol. The first-order valence-electron chi connectivity index (χ1n) is 7.16. The first kappa shape index (κ1) is 13.5. The van der Waals surface area contributed by atoms with Gasteiger partial charge in [-0.15, -0.1) is 0 Å². The highest BCUT2D eigenvalue weighted by Gasteiger charge is 2.30. The molecule has 21 heavy (non-hydrogen) atoms. The number of rotatable bonds is 3. The minimum absolute atomic E-state index is 0.0790. The van der Waals surface area contributed by atoms with Crippen LogP contribution in [0.2, 0.25) is 0 Å². The lowest BCUT2D eigenvalue weighted by molar-refractivity contribution is -0.384. The SMILES string of the molecule is CCC1c2ccccc2CCN1c1ncccc1[N+](=O)[O-]. The Hall–Kier alpha value is -2.43. The molecule has 0 amide bonds. The van der Waals surface area contributed by atoms with E-state index in [0.717, 1.165) is 19.4 Å². The summed E-state index contributed by atoms with van der Waals surface area (Å²) in [5, 5.41) is 11.2. The average Bonchev–Trinajstić information content (AvgIpc) is 2.53. The molecule has 0 spiro atoms. The highest BCUT2D eigenvalue weighted by atomic mass is 16.6. The van der Waals surface area contributed by atoms with Gasteiger partial charge in [-0.25, -0.2) is 4.98 Å². The summed E-state index contributed by atoms with van der Waals surface area (Å²) in [5.41, 5.74) is 2.67. The normalized spacial score (nSPS) is 17.4. The Kier molecular flexibility index (Phi) is 3.56. The van der Waals surface area contributed by atoms with Crippen molar-refractivity contribution in [2.24, 2.45) is 0 Å². The maximum Gasteiger partial charge on any atom is 0.311 e. The predicted molar refractivity (Wildman–Crippen MR) is 81.4 cm³/mol. The molecule has 0 fully saturated rings. The van der Waals surface area contributed by atoms with Crippen molar-refractivity contribution in [3.05, 3.63) is 63.8 Å². The molecule has 1 unspecified atom stereocenters. The second-order valence-electron chi connectivity index (χ2n) is 5.17. The summed E-state index contributed by atoms with van der Waals surface area (Å²) in [6.45, 7) is 2.86. The van der Waals surface area contributed by atoms with Gasteiger partial charge in [0.05, 0.1) is 11.0 Å². The summed E-state index contributed by atoms with van der Waals surface area (Å²) in [5.74, 6) is 0.476. The summed E-state index contributed by atoms with van der Waals surface area (Å²) < 4.78 is 0. The average molecular weight is 283 g/mol. The van der Waals surface area contributed by atoms with Crippen molar-refractivity contribution in [3.8, 4) is 0 Å². The van der Waals surface area contributed by atoms with Crippen LogP contribution in [-0.4, -0.2) is 16.5 Å². The van der Waals surface area contributed by atoms with Crippen LogP contribution in [0.25, 0.3) is 0 Å². The van der Waals surface area contributed by atoms with E-state index < -0.39 is 0 Å². The molecule has 2 aromatic rings. The molecule has 5 nitrogen and oxygen atoms in total. The number of pyridine rings is 1. The smallest absolute Gasteiger partial charge is 0.311 e. The lowest BCUT2D eigenvalue weighted by Gasteiger charge is -2.37. The Morgan fingerprint density at radius 3 is 2.90 bits per heavy atom. The number of benzene rings is 1. The molecule has 2 heterocycles. The molecule has 5 heteroatoms. The van der Waals surface area contributed by atoms with Crippen molar-refractivity contribution < 1.29 is 4.92 Å². The van der Waals surface area contributed by atoms with Crippen molar-refractivity contribution >= 4 is 11.5 Å². The predicted octanol–water partition coefficient (Wildman–Crippen LogP) is 3.50. The zero-order valence-corrected chi connectivity index (χ0v) is 11.9. The molecule has 1 aromatic carbocycles. The molecule has 0 radical (unpaired) electrons. The second-order valence-corrected chi connectivity index (χ2v) is 5.17. The van der Waals surface area contributed by atoms with Gasteiger partial charge in [0.25, 0.3) is 0 Å². The fraction of sp³-hybridized carbons (Fsp3) is 0.312. The minimum atomic E-state index is -0.352. The maximum absolute atomic E-state index is 11.2. The number of hydrogen-bond acceptors (Lipinski definition) is 4. The van der Waals surface area contributed by atoms with Gasteiger partial charge < -0.3 is 4.90 Å². The Morgan fingerprint density at radius 1 is 1.33 bits per heavy atom. The minimum Gasteiger partial charge on any atom is -0.344 e. The van der Waals surface area contributed by atoms with Gasteiger partial charge in [-0.1, -0.05) is 31.2 Å². The second kappa shape index (κ2) is 5.52. The van der Waals surface area contributed by atoms with Crippen LogP contribution in [0.4, 0.5) is 11.5 Å². The van der Waals surface area contributed by atoms with Crippen molar-refractivity contribution in [1.29, 1.82) is 0 Å². The highest BCUT2D eigenvalue weighted by molar-refractivity contribution is 5.60. The van der Waals surface area contributed by atoms with E-state index in [9.17, 15) is 10.1 Å². The third kappa shape index (κ3) is 2.35. The summed E-state index contributed by atoms with van der Waals surface area (Å²) in [6, 6.07) is 11.6. The third-order valence-corrected chi connectivity index (χ3v) is 4.03. The zero-order chi connectivity index (χ0) is 14.8. The van der Waals surface area contributed by atoms with E-state index in [2.05, 4.69) is 28.9 Å². The molecule has 1 aliphatic heterocycles. The largest absolute Gasteiger partial charge is 0.344 e. The lowest BCUT2D eigenvalue weighted by Crippen LogP contribution is -2.36. The summed E-state index contributed by atoms with van der Waals surface area (Å²) in [6.07, 6.45) is 3.40. The first-order valence-corrected chi connectivity index (χ1v) is 7.16. The molecule has 0 aliphatic carbocycles. The van der Waals surface area contributed by atoms with Crippen LogP contribution in [-0.2, 0) is 6.42 Å². The molecule has 0 saturated heterocycles. The Bertz CT molecular complexity index is 672. The van der Waals surface area contributed by atoms with Gasteiger partial charge in [-0.05, 0) is 30.0 Å². The van der Waals surface area contributed by atoms with Crippen LogP contribution in [0.15, 0.2) is 42.6 Å². The first-order chi connectivity index (χ1) is 10.2. The van der Waals surface area contributed by atoms with Crippen molar-refractivity contribution in [2.75, 3.05) is 11.4 Å². The van der Waals surface area contributed by atoms with Crippen LogP contribution < -0.4 is 4.90 Å². The number of hydrogen-bond donors (Lipinski definition) is 0. The Morgan fingerprint density at radius 2 is 2.14 bits per heavy atom.